The number of nitro groups is 1. The molecule has 10 heteroatoms. The molecule has 0 aliphatic carbocycles. The Hall–Kier alpha value is -2.88. The van der Waals surface area contributed by atoms with Crippen LogP contribution in [0.15, 0.2) is 12.1 Å². The van der Waals surface area contributed by atoms with Crippen molar-refractivity contribution in [2.24, 2.45) is 5.73 Å². The van der Waals surface area contributed by atoms with E-state index in [1.807, 2.05) is 0 Å². The monoisotopic (exact) mass is 323 g/mol. The first-order valence-electron chi connectivity index (χ1n) is 6.75. The van der Waals surface area contributed by atoms with Crippen LogP contribution in [-0.2, 0) is 4.79 Å². The molecule has 3 N–H and O–H groups in total. The Balaban J connectivity index is 2.02. The number of aliphatic hydroxyl groups is 1. The molecule has 0 saturated carbocycles. The standard InChI is InChI=1S/C13H13N3O7/c14-12(18)9-1-6(17)4-15(9)13(19)7-2-10-11(23-5-22-10)3-8(7)16(20)21/h2-3,6,9,17H,1,4-5H2,(H2,14,18). The van der Waals surface area contributed by atoms with E-state index in [4.69, 9.17) is 15.2 Å². The van der Waals surface area contributed by atoms with Crippen molar-refractivity contribution in [1.29, 1.82) is 0 Å². The Bertz CT molecular complexity index is 705. The molecule has 10 nitrogen and oxygen atoms in total. The molecular weight excluding hydrogens is 310 g/mol. The summed E-state index contributed by atoms with van der Waals surface area (Å²) in [5, 5.41) is 20.9. The number of likely N-dealkylation sites (tertiary alicyclic amines) is 1. The summed E-state index contributed by atoms with van der Waals surface area (Å²) >= 11 is 0. The maximum absolute atomic E-state index is 12.6. The first-order valence-corrected chi connectivity index (χ1v) is 6.75. The molecule has 2 aliphatic heterocycles. The molecule has 0 aromatic heterocycles. The fourth-order valence-electron chi connectivity index (χ4n) is 2.72. The van der Waals surface area contributed by atoms with Crippen LogP contribution in [0.3, 0.4) is 0 Å². The van der Waals surface area contributed by atoms with Gasteiger partial charge in [0, 0.05) is 19.0 Å². The highest BCUT2D eigenvalue weighted by atomic mass is 16.7. The molecule has 2 heterocycles. The van der Waals surface area contributed by atoms with Crippen molar-refractivity contribution in [2.45, 2.75) is 18.6 Å². The summed E-state index contributed by atoms with van der Waals surface area (Å²) < 4.78 is 10.2. The van der Waals surface area contributed by atoms with Gasteiger partial charge in [-0.3, -0.25) is 19.7 Å². The third kappa shape index (κ3) is 2.52. The maximum Gasteiger partial charge on any atom is 0.286 e. The second-order valence-corrected chi connectivity index (χ2v) is 5.24. The predicted octanol–water partition coefficient (Wildman–Crippen LogP) is -0.616. The second kappa shape index (κ2) is 5.39. The summed E-state index contributed by atoms with van der Waals surface area (Å²) in [6.07, 6.45) is -0.913. The van der Waals surface area contributed by atoms with Gasteiger partial charge in [0.2, 0.25) is 12.7 Å². The molecule has 1 fully saturated rings. The van der Waals surface area contributed by atoms with Gasteiger partial charge in [0.05, 0.1) is 17.1 Å². The van der Waals surface area contributed by atoms with Gasteiger partial charge in [0.25, 0.3) is 11.6 Å². The first kappa shape index (κ1) is 15.0. The van der Waals surface area contributed by atoms with E-state index in [9.17, 15) is 24.8 Å². The summed E-state index contributed by atoms with van der Waals surface area (Å²) in [5.41, 5.74) is 4.51. The highest BCUT2D eigenvalue weighted by molar-refractivity contribution is 6.01. The number of benzene rings is 1. The van der Waals surface area contributed by atoms with Crippen LogP contribution in [0.2, 0.25) is 0 Å². The summed E-state index contributed by atoms with van der Waals surface area (Å²) in [6, 6.07) is 1.29. The maximum atomic E-state index is 12.6. The van der Waals surface area contributed by atoms with Gasteiger partial charge in [0.1, 0.15) is 11.6 Å². The van der Waals surface area contributed by atoms with Crippen LogP contribution in [-0.4, -0.2) is 52.2 Å². The van der Waals surface area contributed by atoms with Crippen LogP contribution < -0.4 is 15.2 Å². The molecule has 0 spiro atoms. The zero-order chi connectivity index (χ0) is 16.7. The van der Waals surface area contributed by atoms with E-state index in [0.29, 0.717) is 0 Å². The summed E-state index contributed by atoms with van der Waals surface area (Å²) in [5.74, 6) is -1.18. The van der Waals surface area contributed by atoms with E-state index in [1.54, 1.807) is 0 Å². The number of primary amides is 1. The second-order valence-electron chi connectivity index (χ2n) is 5.24. The van der Waals surface area contributed by atoms with Crippen LogP contribution in [0.1, 0.15) is 16.8 Å². The zero-order valence-electron chi connectivity index (χ0n) is 11.8. The minimum atomic E-state index is -1.01. The number of amides is 2. The van der Waals surface area contributed by atoms with E-state index in [1.165, 1.54) is 6.07 Å². The molecule has 2 amide bonds. The van der Waals surface area contributed by atoms with Crippen LogP contribution in [0.4, 0.5) is 5.69 Å². The third-order valence-corrected chi connectivity index (χ3v) is 3.79. The largest absolute Gasteiger partial charge is 0.454 e. The lowest BCUT2D eigenvalue weighted by atomic mass is 10.1. The number of aliphatic hydroxyl groups excluding tert-OH is 1. The molecule has 122 valence electrons. The van der Waals surface area contributed by atoms with Gasteiger partial charge >= 0.3 is 0 Å². The van der Waals surface area contributed by atoms with Gasteiger partial charge in [0.15, 0.2) is 11.5 Å². The molecule has 0 bridgehead atoms. The fourth-order valence-corrected chi connectivity index (χ4v) is 2.72. The van der Waals surface area contributed by atoms with Crippen LogP contribution in [0, 0.1) is 10.1 Å². The SMILES string of the molecule is NC(=O)C1CC(O)CN1C(=O)c1cc2c(cc1[N+](=O)[O-])OCO2. The van der Waals surface area contributed by atoms with E-state index < -0.39 is 34.6 Å². The summed E-state index contributed by atoms with van der Waals surface area (Å²) in [6.45, 7) is -0.228. The molecule has 2 aliphatic rings. The highest BCUT2D eigenvalue weighted by Gasteiger charge is 2.40. The summed E-state index contributed by atoms with van der Waals surface area (Å²) in [7, 11) is 0. The average molecular weight is 323 g/mol. The van der Waals surface area contributed by atoms with Crippen molar-refractivity contribution in [3.63, 3.8) is 0 Å². The molecule has 1 aromatic rings. The van der Waals surface area contributed by atoms with Gasteiger partial charge in [-0.05, 0) is 0 Å². The van der Waals surface area contributed by atoms with Crippen molar-refractivity contribution in [2.75, 3.05) is 13.3 Å². The zero-order valence-corrected chi connectivity index (χ0v) is 11.8. The Morgan fingerprint density at radius 2 is 2.00 bits per heavy atom. The Kier molecular flexibility index (Phi) is 3.52. The van der Waals surface area contributed by atoms with Gasteiger partial charge in [-0.2, -0.15) is 0 Å². The van der Waals surface area contributed by atoms with Crippen molar-refractivity contribution in [3.8, 4) is 11.5 Å². The highest BCUT2D eigenvalue weighted by Crippen LogP contribution is 2.39. The number of rotatable bonds is 3. The molecule has 23 heavy (non-hydrogen) atoms. The number of ether oxygens (including phenoxy) is 2. The number of nitrogens with zero attached hydrogens (tertiary/aromatic N) is 2. The lowest BCUT2D eigenvalue weighted by molar-refractivity contribution is -0.385. The number of fused-ring (bicyclic) bond motifs is 1. The minimum Gasteiger partial charge on any atom is -0.454 e. The van der Waals surface area contributed by atoms with Gasteiger partial charge in [-0.1, -0.05) is 0 Å². The van der Waals surface area contributed by atoms with Gasteiger partial charge in [-0.25, -0.2) is 0 Å². The lowest BCUT2D eigenvalue weighted by Gasteiger charge is -2.21. The Morgan fingerprint density at radius 1 is 1.35 bits per heavy atom. The van der Waals surface area contributed by atoms with Crippen molar-refractivity contribution in [3.05, 3.63) is 27.8 Å². The number of nitrogens with two attached hydrogens (primary N) is 1. The minimum absolute atomic E-state index is 0.000573. The number of carbonyl (C=O) groups is 2. The molecule has 2 unspecified atom stereocenters. The molecular formula is C13H13N3O7. The normalized spacial score (nSPS) is 22.2. The molecule has 0 radical (unpaired) electrons. The van der Waals surface area contributed by atoms with Gasteiger partial charge in [-0.15, -0.1) is 0 Å². The molecule has 1 aromatic carbocycles. The quantitative estimate of drug-likeness (QED) is 0.557. The predicted molar refractivity (Wildman–Crippen MR) is 73.9 cm³/mol. The number of hydrogen-bond acceptors (Lipinski definition) is 7. The fraction of sp³-hybridized carbons (Fsp3) is 0.385. The summed E-state index contributed by atoms with van der Waals surface area (Å²) in [4.78, 5) is 35.6. The van der Waals surface area contributed by atoms with E-state index in [2.05, 4.69) is 0 Å². The number of carbonyl (C=O) groups excluding carboxylic acids is 2. The van der Waals surface area contributed by atoms with E-state index >= 15 is 0 Å². The smallest absolute Gasteiger partial charge is 0.286 e. The number of nitro benzene ring substituents is 1. The molecule has 1 saturated heterocycles. The lowest BCUT2D eigenvalue weighted by Crippen LogP contribution is -2.43. The van der Waals surface area contributed by atoms with Crippen molar-refractivity contribution >= 4 is 17.5 Å². The van der Waals surface area contributed by atoms with E-state index in [-0.39, 0.29) is 36.8 Å². The number of hydrogen-bond donors (Lipinski definition) is 2. The van der Waals surface area contributed by atoms with Crippen LogP contribution in [0.5, 0.6) is 11.5 Å². The van der Waals surface area contributed by atoms with Crippen molar-refractivity contribution < 1.29 is 29.1 Å². The topological polar surface area (TPSA) is 145 Å². The van der Waals surface area contributed by atoms with Crippen molar-refractivity contribution in [1.82, 2.24) is 4.90 Å². The van der Waals surface area contributed by atoms with Crippen LogP contribution >= 0.6 is 0 Å². The van der Waals surface area contributed by atoms with E-state index in [0.717, 1.165) is 11.0 Å². The average Bonchev–Trinajstić information content (AvgIpc) is 3.10. The molecule has 3 rings (SSSR count). The first-order chi connectivity index (χ1) is 10.9. The van der Waals surface area contributed by atoms with Crippen LogP contribution in [0.25, 0.3) is 0 Å². The number of β-amino-alcohol motifs (C(OH)–C–C–N with tert-alkyl or cyclic N) is 1. The third-order valence-electron chi connectivity index (χ3n) is 3.79. The Morgan fingerprint density at radius 3 is 2.61 bits per heavy atom. The Labute approximate surface area is 129 Å². The van der Waals surface area contributed by atoms with Gasteiger partial charge < -0.3 is 25.2 Å². The molecule has 2 atom stereocenters.